The molecule has 1 amide bonds. The summed E-state index contributed by atoms with van der Waals surface area (Å²) in [5.41, 5.74) is 1.92. The van der Waals surface area contributed by atoms with Gasteiger partial charge in [-0.25, -0.2) is 13.4 Å². The molecular formula is C26H36N6O5S. The number of nitrogens with one attached hydrogen (secondary N) is 2. The Balaban J connectivity index is 1.38. The molecule has 2 aliphatic heterocycles. The van der Waals surface area contributed by atoms with Crippen molar-refractivity contribution in [2.24, 2.45) is 5.41 Å². The van der Waals surface area contributed by atoms with Gasteiger partial charge in [-0.05, 0) is 69.2 Å². The van der Waals surface area contributed by atoms with E-state index in [1.165, 1.54) is 19.8 Å². The average Bonchev–Trinajstić information content (AvgIpc) is 3.62. The van der Waals surface area contributed by atoms with Crippen molar-refractivity contribution in [3.8, 4) is 0 Å². The van der Waals surface area contributed by atoms with Gasteiger partial charge in [0.15, 0.2) is 0 Å². The van der Waals surface area contributed by atoms with Crippen LogP contribution in [0.3, 0.4) is 0 Å². The number of ether oxygens (including phenoxy) is 1. The molecule has 2 saturated heterocycles. The molecule has 11 nitrogen and oxygen atoms in total. The number of carbonyl (C=O) groups excluding carboxylic acids is 1. The van der Waals surface area contributed by atoms with Gasteiger partial charge in [-0.3, -0.25) is 9.52 Å². The molecule has 3 N–H and O–H groups in total. The second-order valence-electron chi connectivity index (χ2n) is 10.8. The van der Waals surface area contributed by atoms with E-state index in [0.717, 1.165) is 25.9 Å². The van der Waals surface area contributed by atoms with Gasteiger partial charge in [-0.15, -0.1) is 0 Å². The van der Waals surface area contributed by atoms with Crippen LogP contribution in [0.1, 0.15) is 49.9 Å². The highest BCUT2D eigenvalue weighted by molar-refractivity contribution is 7.92. The van der Waals surface area contributed by atoms with Crippen LogP contribution in [0.25, 0.3) is 0 Å². The van der Waals surface area contributed by atoms with E-state index in [1.807, 2.05) is 11.8 Å². The maximum Gasteiger partial charge on any atom is 0.258 e. The summed E-state index contributed by atoms with van der Waals surface area (Å²) in [6.45, 7) is 6.97. The Morgan fingerprint density at radius 2 is 1.95 bits per heavy atom. The lowest BCUT2D eigenvalue weighted by Gasteiger charge is -2.35. The number of benzene rings is 1. The summed E-state index contributed by atoms with van der Waals surface area (Å²) in [5, 5.41) is 12.5. The van der Waals surface area contributed by atoms with Gasteiger partial charge in [0.1, 0.15) is 5.82 Å². The van der Waals surface area contributed by atoms with Gasteiger partial charge >= 0.3 is 0 Å². The number of morpholine rings is 1. The fourth-order valence-corrected chi connectivity index (χ4v) is 6.44. The average molecular weight is 545 g/mol. The smallest absolute Gasteiger partial charge is 0.258 e. The highest BCUT2D eigenvalue weighted by Crippen LogP contribution is 2.54. The fourth-order valence-electron chi connectivity index (χ4n) is 5.24. The van der Waals surface area contributed by atoms with Crippen molar-refractivity contribution in [3.05, 3.63) is 36.0 Å². The highest BCUT2D eigenvalue weighted by Gasteiger charge is 2.44. The first kappa shape index (κ1) is 26.6. The Labute approximate surface area is 223 Å². The Morgan fingerprint density at radius 3 is 2.63 bits per heavy atom. The zero-order valence-corrected chi connectivity index (χ0v) is 22.7. The minimum Gasteiger partial charge on any atom is -0.392 e. The molecule has 206 valence electrons. The van der Waals surface area contributed by atoms with Crippen LogP contribution in [0, 0.1) is 5.41 Å². The van der Waals surface area contributed by atoms with Crippen molar-refractivity contribution in [2.45, 2.75) is 51.7 Å². The van der Waals surface area contributed by atoms with E-state index in [0.29, 0.717) is 53.8 Å². The predicted octanol–water partition coefficient (Wildman–Crippen LogP) is 2.46. The van der Waals surface area contributed by atoms with Crippen molar-refractivity contribution >= 4 is 39.1 Å². The monoisotopic (exact) mass is 544 g/mol. The molecule has 1 aliphatic carbocycles. The predicted molar refractivity (Wildman–Crippen MR) is 146 cm³/mol. The first-order valence-corrected chi connectivity index (χ1v) is 14.9. The van der Waals surface area contributed by atoms with E-state index in [2.05, 4.69) is 24.9 Å². The van der Waals surface area contributed by atoms with Crippen molar-refractivity contribution in [3.63, 3.8) is 0 Å². The molecule has 0 bridgehead atoms. The maximum absolute atomic E-state index is 13.5. The van der Waals surface area contributed by atoms with E-state index in [9.17, 15) is 18.3 Å². The number of nitrogens with zero attached hydrogens (tertiary/aromatic N) is 4. The molecule has 3 fully saturated rings. The van der Waals surface area contributed by atoms with Gasteiger partial charge in [0.05, 0.1) is 41.5 Å². The van der Waals surface area contributed by atoms with Crippen molar-refractivity contribution in [2.75, 3.05) is 58.4 Å². The normalized spacial score (nSPS) is 21.7. The van der Waals surface area contributed by atoms with Crippen LogP contribution in [0.5, 0.6) is 0 Å². The number of hydrogen-bond donors (Lipinski definition) is 3. The summed E-state index contributed by atoms with van der Waals surface area (Å²) >= 11 is 0. The number of aliphatic hydroxyl groups excluding tert-OH is 1. The first-order chi connectivity index (χ1) is 18.1. The van der Waals surface area contributed by atoms with E-state index in [4.69, 9.17) is 4.74 Å². The molecule has 0 radical (unpaired) electrons. The number of aromatic nitrogens is 2. The Bertz CT molecular complexity index is 1270. The number of rotatable bonds is 8. The van der Waals surface area contributed by atoms with Crippen LogP contribution >= 0.6 is 0 Å². The number of amides is 1. The molecule has 5 rings (SSSR count). The standard InChI is InChI=1S/C26H36N6O5S/c1-18(33)17-38(35,36)30-20-3-4-21(22(15-20)31-11-8-26(6-7-26)9-12-31)24(34)28-23-5-10-27-25(29-23)32-13-14-37-19(2)16-32/h3-5,10,15,18-19,30,33H,6-9,11-14,16-17H2,1-2H3,(H,27,28,29,34)/t18?,19-/m1/s1. The third-order valence-corrected chi connectivity index (χ3v) is 8.97. The van der Waals surface area contributed by atoms with Crippen LogP contribution in [-0.2, 0) is 14.8 Å². The SMILES string of the molecule is CC(O)CS(=O)(=O)Nc1ccc(C(=O)Nc2ccnc(N3CCO[C@H](C)C3)n2)c(N2CCC3(CC2)CC3)c1. The molecule has 3 heterocycles. The van der Waals surface area contributed by atoms with E-state index < -0.39 is 21.9 Å². The number of hydrogen-bond acceptors (Lipinski definition) is 9. The quantitative estimate of drug-likeness (QED) is 0.458. The van der Waals surface area contributed by atoms with E-state index in [-0.39, 0.29) is 12.0 Å². The van der Waals surface area contributed by atoms with Gasteiger partial charge in [0.2, 0.25) is 16.0 Å². The minimum atomic E-state index is -3.74. The number of anilines is 4. The topological polar surface area (TPSA) is 137 Å². The molecule has 1 aromatic heterocycles. The van der Waals surface area contributed by atoms with Gasteiger partial charge in [0.25, 0.3) is 5.91 Å². The highest BCUT2D eigenvalue weighted by atomic mass is 32.2. The van der Waals surface area contributed by atoms with Gasteiger partial charge < -0.3 is 25.0 Å². The lowest BCUT2D eigenvalue weighted by atomic mass is 9.93. The third kappa shape index (κ3) is 6.36. The van der Waals surface area contributed by atoms with Crippen molar-refractivity contribution in [1.82, 2.24) is 9.97 Å². The van der Waals surface area contributed by atoms with E-state index in [1.54, 1.807) is 30.5 Å². The summed E-state index contributed by atoms with van der Waals surface area (Å²) in [4.78, 5) is 26.6. The molecule has 2 atom stereocenters. The molecule has 1 aromatic carbocycles. The van der Waals surface area contributed by atoms with Crippen LogP contribution in [0.2, 0.25) is 0 Å². The molecule has 1 spiro atoms. The third-order valence-electron chi connectivity index (χ3n) is 7.51. The summed E-state index contributed by atoms with van der Waals surface area (Å²) < 4.78 is 33.0. The molecule has 1 unspecified atom stereocenters. The molecule has 3 aliphatic rings. The van der Waals surface area contributed by atoms with Gasteiger partial charge in [-0.2, -0.15) is 4.98 Å². The number of sulfonamides is 1. The van der Waals surface area contributed by atoms with E-state index >= 15 is 0 Å². The Kier molecular flexibility index (Phi) is 7.47. The summed E-state index contributed by atoms with van der Waals surface area (Å²) in [6, 6.07) is 6.57. The summed E-state index contributed by atoms with van der Waals surface area (Å²) in [5.74, 6) is 0.189. The number of piperidine rings is 1. The lowest BCUT2D eigenvalue weighted by Crippen LogP contribution is -2.42. The number of carbonyl (C=O) groups is 1. The van der Waals surface area contributed by atoms with Gasteiger partial charge in [-0.1, -0.05) is 0 Å². The van der Waals surface area contributed by atoms with Crippen molar-refractivity contribution < 1.29 is 23.1 Å². The zero-order chi connectivity index (χ0) is 26.9. The Morgan fingerprint density at radius 1 is 1.18 bits per heavy atom. The molecule has 12 heteroatoms. The van der Waals surface area contributed by atoms with Crippen LogP contribution < -0.4 is 19.8 Å². The molecule has 2 aromatic rings. The molecule has 1 saturated carbocycles. The summed E-state index contributed by atoms with van der Waals surface area (Å²) in [6.07, 6.45) is 5.32. The number of aliphatic hydroxyl groups is 1. The van der Waals surface area contributed by atoms with Crippen LogP contribution in [0.4, 0.5) is 23.1 Å². The van der Waals surface area contributed by atoms with Gasteiger partial charge in [0, 0.05) is 32.4 Å². The summed E-state index contributed by atoms with van der Waals surface area (Å²) in [7, 11) is -3.74. The molecular weight excluding hydrogens is 508 g/mol. The first-order valence-electron chi connectivity index (χ1n) is 13.2. The van der Waals surface area contributed by atoms with Crippen LogP contribution in [0.15, 0.2) is 30.5 Å². The second kappa shape index (κ2) is 10.7. The Hall–Kier alpha value is -2.96. The van der Waals surface area contributed by atoms with Crippen LogP contribution in [-0.4, -0.2) is 80.1 Å². The maximum atomic E-state index is 13.5. The van der Waals surface area contributed by atoms with Crippen molar-refractivity contribution in [1.29, 1.82) is 0 Å². The fraction of sp³-hybridized carbons (Fsp3) is 0.577. The zero-order valence-electron chi connectivity index (χ0n) is 21.9. The lowest BCUT2D eigenvalue weighted by molar-refractivity contribution is 0.0526. The second-order valence-corrected chi connectivity index (χ2v) is 12.5. The molecule has 38 heavy (non-hydrogen) atoms. The largest absolute Gasteiger partial charge is 0.392 e. The minimum absolute atomic E-state index is 0.0732.